The Hall–Kier alpha value is -0.440. The van der Waals surface area contributed by atoms with E-state index in [9.17, 15) is 0 Å². The van der Waals surface area contributed by atoms with Crippen molar-refractivity contribution in [3.8, 4) is 0 Å². The van der Waals surface area contributed by atoms with E-state index in [4.69, 9.17) is 11.6 Å². The third-order valence-electron chi connectivity index (χ3n) is 2.89. The zero-order chi connectivity index (χ0) is 10.7. The summed E-state index contributed by atoms with van der Waals surface area (Å²) in [5, 5.41) is 7.70. The number of aryl methyl sites for hydroxylation is 1. The molecule has 0 saturated carbocycles. The first-order chi connectivity index (χ1) is 7.25. The van der Waals surface area contributed by atoms with Crippen molar-refractivity contribution in [1.82, 2.24) is 5.32 Å². The Morgan fingerprint density at radius 2 is 2.31 bits per heavy atom. The summed E-state index contributed by atoms with van der Waals surface area (Å²) in [5.74, 6) is 0. The molecular formula is C12H18Cl2N2. The molecular weight excluding hydrogens is 243 g/mol. The van der Waals surface area contributed by atoms with Gasteiger partial charge in [0.25, 0.3) is 0 Å². The number of halogens is 2. The maximum Gasteiger partial charge on any atom is 0.0455 e. The molecule has 0 amide bonds. The lowest BCUT2D eigenvalue weighted by Crippen LogP contribution is -2.29. The molecule has 1 aromatic rings. The topological polar surface area (TPSA) is 24.1 Å². The van der Waals surface area contributed by atoms with Gasteiger partial charge in [-0.2, -0.15) is 0 Å². The first kappa shape index (κ1) is 13.6. The summed E-state index contributed by atoms with van der Waals surface area (Å²) in [7, 11) is 0. The molecule has 0 bridgehead atoms. The summed E-state index contributed by atoms with van der Waals surface area (Å²) in [5.41, 5.74) is 2.24. The Morgan fingerprint density at radius 1 is 1.50 bits per heavy atom. The molecule has 1 heterocycles. The molecule has 0 radical (unpaired) electrons. The minimum absolute atomic E-state index is 0. The van der Waals surface area contributed by atoms with Crippen LogP contribution in [0.3, 0.4) is 0 Å². The Bertz CT molecular complexity index is 336. The molecule has 2 N–H and O–H groups in total. The summed E-state index contributed by atoms with van der Waals surface area (Å²) in [6, 6.07) is 6.74. The van der Waals surface area contributed by atoms with Gasteiger partial charge in [0.15, 0.2) is 0 Å². The summed E-state index contributed by atoms with van der Waals surface area (Å²) in [6.45, 7) is 4.16. The van der Waals surface area contributed by atoms with E-state index in [1.807, 2.05) is 19.1 Å². The normalized spacial score (nSPS) is 19.2. The largest absolute Gasteiger partial charge is 0.383 e. The van der Waals surface area contributed by atoms with E-state index in [0.717, 1.165) is 29.4 Å². The van der Waals surface area contributed by atoms with Crippen LogP contribution in [-0.4, -0.2) is 19.1 Å². The highest BCUT2D eigenvalue weighted by atomic mass is 35.5. The smallest absolute Gasteiger partial charge is 0.0455 e. The second kappa shape index (κ2) is 6.33. The molecule has 2 nitrogen and oxygen atoms in total. The van der Waals surface area contributed by atoms with Crippen molar-refractivity contribution in [3.63, 3.8) is 0 Å². The van der Waals surface area contributed by atoms with E-state index in [2.05, 4.69) is 16.7 Å². The van der Waals surface area contributed by atoms with Gasteiger partial charge in [-0.15, -0.1) is 12.4 Å². The summed E-state index contributed by atoms with van der Waals surface area (Å²) in [4.78, 5) is 0. The lowest BCUT2D eigenvalue weighted by atomic mass is 10.2. The molecule has 4 heteroatoms. The van der Waals surface area contributed by atoms with Gasteiger partial charge in [-0.25, -0.2) is 0 Å². The number of hydrogen-bond acceptors (Lipinski definition) is 2. The summed E-state index contributed by atoms with van der Waals surface area (Å²) in [6.07, 6.45) is 2.56. The lowest BCUT2D eigenvalue weighted by molar-refractivity contribution is 0.633. The van der Waals surface area contributed by atoms with Crippen LogP contribution in [0.2, 0.25) is 5.02 Å². The molecule has 1 saturated heterocycles. The summed E-state index contributed by atoms with van der Waals surface area (Å²) >= 11 is 6.05. The van der Waals surface area contributed by atoms with Crippen LogP contribution >= 0.6 is 24.0 Å². The van der Waals surface area contributed by atoms with Crippen molar-refractivity contribution in [2.45, 2.75) is 25.8 Å². The second-order valence-corrected chi connectivity index (χ2v) is 4.55. The van der Waals surface area contributed by atoms with Gasteiger partial charge < -0.3 is 10.6 Å². The predicted molar refractivity (Wildman–Crippen MR) is 73.0 cm³/mol. The van der Waals surface area contributed by atoms with Gasteiger partial charge in [-0.05, 0) is 44.0 Å². The molecule has 1 fully saturated rings. The maximum absolute atomic E-state index is 6.05. The second-order valence-electron chi connectivity index (χ2n) is 4.14. The number of benzene rings is 1. The van der Waals surface area contributed by atoms with Crippen LogP contribution in [0.4, 0.5) is 5.69 Å². The quantitative estimate of drug-likeness (QED) is 0.872. The first-order valence-corrected chi connectivity index (χ1v) is 5.87. The van der Waals surface area contributed by atoms with Gasteiger partial charge in [0.05, 0.1) is 0 Å². The number of nitrogens with one attached hydrogen (secondary N) is 2. The first-order valence-electron chi connectivity index (χ1n) is 5.49. The Kier molecular flexibility index (Phi) is 5.39. The molecule has 1 aliphatic rings. The Balaban J connectivity index is 0.00000128. The summed E-state index contributed by atoms with van der Waals surface area (Å²) < 4.78 is 0. The molecule has 0 spiro atoms. The third-order valence-corrected chi connectivity index (χ3v) is 3.29. The highest BCUT2D eigenvalue weighted by Gasteiger charge is 2.13. The zero-order valence-corrected chi connectivity index (χ0v) is 11.0. The van der Waals surface area contributed by atoms with E-state index >= 15 is 0 Å². The van der Waals surface area contributed by atoms with Gasteiger partial charge in [-0.1, -0.05) is 17.7 Å². The van der Waals surface area contributed by atoms with Gasteiger partial charge in [0, 0.05) is 23.3 Å². The fourth-order valence-corrected chi connectivity index (χ4v) is 2.06. The van der Waals surface area contributed by atoms with Crippen molar-refractivity contribution >= 4 is 29.7 Å². The van der Waals surface area contributed by atoms with Crippen molar-refractivity contribution < 1.29 is 0 Å². The number of anilines is 1. The van der Waals surface area contributed by atoms with Gasteiger partial charge in [-0.3, -0.25) is 0 Å². The maximum atomic E-state index is 6.05. The highest BCUT2D eigenvalue weighted by molar-refractivity contribution is 6.31. The van der Waals surface area contributed by atoms with Crippen molar-refractivity contribution in [1.29, 1.82) is 0 Å². The SMILES string of the molecule is Cc1ccc(NCC2CCCN2)cc1Cl.Cl. The molecule has 16 heavy (non-hydrogen) atoms. The van der Waals surface area contributed by atoms with Gasteiger partial charge in [0.1, 0.15) is 0 Å². The molecule has 1 aromatic carbocycles. The van der Waals surface area contributed by atoms with Crippen LogP contribution < -0.4 is 10.6 Å². The van der Waals surface area contributed by atoms with E-state index in [0.29, 0.717) is 6.04 Å². The predicted octanol–water partition coefficient (Wildman–Crippen LogP) is 3.23. The van der Waals surface area contributed by atoms with Gasteiger partial charge in [0.2, 0.25) is 0 Å². The fraction of sp³-hybridized carbons (Fsp3) is 0.500. The van der Waals surface area contributed by atoms with Crippen molar-refractivity contribution in [2.75, 3.05) is 18.4 Å². The fourth-order valence-electron chi connectivity index (χ4n) is 1.87. The lowest BCUT2D eigenvalue weighted by Gasteiger charge is -2.13. The van der Waals surface area contributed by atoms with Crippen LogP contribution in [0.1, 0.15) is 18.4 Å². The number of rotatable bonds is 3. The van der Waals surface area contributed by atoms with Crippen LogP contribution in [0.15, 0.2) is 18.2 Å². The van der Waals surface area contributed by atoms with E-state index in [-0.39, 0.29) is 12.4 Å². The van der Waals surface area contributed by atoms with Crippen LogP contribution in [-0.2, 0) is 0 Å². The van der Waals surface area contributed by atoms with Crippen molar-refractivity contribution in [2.24, 2.45) is 0 Å². The third kappa shape index (κ3) is 3.55. The number of hydrogen-bond donors (Lipinski definition) is 2. The highest BCUT2D eigenvalue weighted by Crippen LogP contribution is 2.20. The van der Waals surface area contributed by atoms with E-state index in [1.165, 1.54) is 12.8 Å². The standard InChI is InChI=1S/C12H17ClN2.ClH/c1-9-4-5-10(7-12(9)13)15-8-11-3-2-6-14-11;/h4-5,7,11,14-15H,2-3,6,8H2,1H3;1H. The minimum atomic E-state index is 0. The molecule has 90 valence electrons. The van der Waals surface area contributed by atoms with E-state index in [1.54, 1.807) is 0 Å². The Labute approximate surface area is 108 Å². The Morgan fingerprint density at radius 3 is 2.94 bits per heavy atom. The van der Waals surface area contributed by atoms with E-state index < -0.39 is 0 Å². The van der Waals surface area contributed by atoms with Crippen LogP contribution in [0.25, 0.3) is 0 Å². The molecule has 2 rings (SSSR count). The molecule has 0 aromatic heterocycles. The molecule has 1 aliphatic heterocycles. The molecule has 0 aliphatic carbocycles. The molecule has 1 unspecified atom stereocenters. The zero-order valence-electron chi connectivity index (χ0n) is 9.42. The van der Waals surface area contributed by atoms with Gasteiger partial charge >= 0.3 is 0 Å². The monoisotopic (exact) mass is 260 g/mol. The minimum Gasteiger partial charge on any atom is -0.383 e. The van der Waals surface area contributed by atoms with Crippen LogP contribution in [0.5, 0.6) is 0 Å². The molecule has 1 atom stereocenters. The average Bonchev–Trinajstić information content (AvgIpc) is 2.73. The van der Waals surface area contributed by atoms with Crippen LogP contribution in [0, 0.1) is 6.92 Å². The average molecular weight is 261 g/mol. The van der Waals surface area contributed by atoms with Crippen molar-refractivity contribution in [3.05, 3.63) is 28.8 Å².